The van der Waals surface area contributed by atoms with Crippen molar-refractivity contribution in [2.24, 2.45) is 5.41 Å². The Labute approximate surface area is 162 Å². The first-order valence-electron chi connectivity index (χ1n) is 9.06. The van der Waals surface area contributed by atoms with Crippen LogP contribution in [0.25, 0.3) is 10.8 Å². The molecule has 0 spiro atoms. The fourth-order valence-electron chi connectivity index (χ4n) is 2.82. The van der Waals surface area contributed by atoms with Crippen LogP contribution in [0.2, 0.25) is 0 Å². The number of aromatic nitrogens is 2. The number of aromatic amines is 1. The molecule has 0 bridgehead atoms. The van der Waals surface area contributed by atoms with E-state index in [1.165, 1.54) is 12.1 Å². The molecule has 0 fully saturated rings. The quantitative estimate of drug-likeness (QED) is 0.586. The molecule has 3 aromatic rings. The predicted octanol–water partition coefficient (Wildman–Crippen LogP) is 2.86. The largest absolute Gasteiger partial charge is 0.368 e. The summed E-state index contributed by atoms with van der Waals surface area (Å²) in [5.74, 6) is 0.160. The number of hydrogen-bond acceptors (Lipinski definition) is 4. The van der Waals surface area contributed by atoms with Crippen LogP contribution in [0.15, 0.2) is 53.3 Å². The second kappa shape index (κ2) is 8.21. The van der Waals surface area contributed by atoms with E-state index < -0.39 is 0 Å². The lowest BCUT2D eigenvalue weighted by Gasteiger charge is -2.26. The Kier molecular flexibility index (Phi) is 5.73. The number of hydrogen-bond donors (Lipinski definition) is 3. The number of anilines is 1. The Morgan fingerprint density at radius 3 is 2.46 bits per heavy atom. The van der Waals surface area contributed by atoms with Crippen molar-refractivity contribution < 1.29 is 9.18 Å². The summed E-state index contributed by atoms with van der Waals surface area (Å²) in [6, 6.07) is 13.2. The third kappa shape index (κ3) is 4.94. The van der Waals surface area contributed by atoms with E-state index >= 15 is 0 Å². The number of nitrogens with zero attached hydrogens (tertiary/aromatic N) is 1. The van der Waals surface area contributed by atoms with Crippen molar-refractivity contribution in [3.63, 3.8) is 0 Å². The smallest absolute Gasteiger partial charge is 0.272 e. The molecule has 1 aromatic heterocycles. The molecule has 3 rings (SSSR count). The molecular formula is C21H23FN4O2. The highest BCUT2D eigenvalue weighted by atomic mass is 19.1. The molecular weight excluding hydrogens is 359 g/mol. The lowest BCUT2D eigenvalue weighted by Crippen LogP contribution is -2.38. The van der Waals surface area contributed by atoms with E-state index in [0.29, 0.717) is 24.3 Å². The van der Waals surface area contributed by atoms with Gasteiger partial charge in [0.25, 0.3) is 5.56 Å². The highest BCUT2D eigenvalue weighted by Crippen LogP contribution is 2.20. The minimum Gasteiger partial charge on any atom is -0.368 e. The maximum absolute atomic E-state index is 12.9. The molecule has 146 valence electrons. The molecule has 0 atom stereocenters. The van der Waals surface area contributed by atoms with Gasteiger partial charge in [-0.05, 0) is 29.2 Å². The SMILES string of the molecule is CC(C)(CNC(=O)Cc1ccc(F)cc1)CNc1n[nH]c(=O)c2ccccc12. The molecule has 0 aliphatic rings. The van der Waals surface area contributed by atoms with Gasteiger partial charge in [0.1, 0.15) is 5.82 Å². The average Bonchev–Trinajstić information content (AvgIpc) is 2.68. The summed E-state index contributed by atoms with van der Waals surface area (Å²) in [6.45, 7) is 5.05. The van der Waals surface area contributed by atoms with Crippen LogP contribution in [0.3, 0.4) is 0 Å². The van der Waals surface area contributed by atoms with Crippen molar-refractivity contribution >= 4 is 22.5 Å². The lowest BCUT2D eigenvalue weighted by molar-refractivity contribution is -0.120. The van der Waals surface area contributed by atoms with Gasteiger partial charge in [-0.1, -0.05) is 44.2 Å². The third-order valence-corrected chi connectivity index (χ3v) is 4.47. The summed E-state index contributed by atoms with van der Waals surface area (Å²) in [7, 11) is 0. The number of carbonyl (C=O) groups is 1. The molecule has 3 N–H and O–H groups in total. The minimum absolute atomic E-state index is 0.118. The molecule has 0 aliphatic carbocycles. The summed E-state index contributed by atoms with van der Waals surface area (Å²) in [5, 5.41) is 14.1. The third-order valence-electron chi connectivity index (χ3n) is 4.47. The van der Waals surface area contributed by atoms with Crippen LogP contribution in [-0.2, 0) is 11.2 Å². The van der Waals surface area contributed by atoms with Gasteiger partial charge in [0.2, 0.25) is 5.91 Å². The average molecular weight is 382 g/mol. The van der Waals surface area contributed by atoms with E-state index in [2.05, 4.69) is 20.8 Å². The second-order valence-electron chi connectivity index (χ2n) is 7.54. The van der Waals surface area contributed by atoms with E-state index in [-0.39, 0.29) is 29.1 Å². The molecule has 6 nitrogen and oxygen atoms in total. The van der Waals surface area contributed by atoms with Crippen LogP contribution in [0.5, 0.6) is 0 Å². The van der Waals surface area contributed by atoms with E-state index in [9.17, 15) is 14.0 Å². The van der Waals surface area contributed by atoms with Gasteiger partial charge in [-0.3, -0.25) is 9.59 Å². The lowest BCUT2D eigenvalue weighted by atomic mass is 9.93. The summed E-state index contributed by atoms with van der Waals surface area (Å²) in [5.41, 5.74) is 0.282. The molecule has 0 aliphatic heterocycles. The first-order chi connectivity index (χ1) is 13.3. The first-order valence-corrected chi connectivity index (χ1v) is 9.06. The summed E-state index contributed by atoms with van der Waals surface area (Å²) < 4.78 is 12.9. The van der Waals surface area contributed by atoms with Gasteiger partial charge in [-0.2, -0.15) is 5.10 Å². The van der Waals surface area contributed by atoms with Gasteiger partial charge in [0, 0.05) is 18.5 Å². The zero-order chi connectivity index (χ0) is 20.1. The van der Waals surface area contributed by atoms with Crippen molar-refractivity contribution in [3.8, 4) is 0 Å². The number of fused-ring (bicyclic) bond motifs is 1. The molecule has 2 aromatic carbocycles. The molecule has 0 radical (unpaired) electrons. The molecule has 0 saturated carbocycles. The minimum atomic E-state index is -0.320. The highest BCUT2D eigenvalue weighted by molar-refractivity contribution is 5.90. The van der Waals surface area contributed by atoms with Crippen LogP contribution in [0.4, 0.5) is 10.2 Å². The van der Waals surface area contributed by atoms with Gasteiger partial charge in [-0.25, -0.2) is 9.49 Å². The van der Waals surface area contributed by atoms with Crippen molar-refractivity contribution in [2.45, 2.75) is 20.3 Å². The number of rotatable bonds is 7. The van der Waals surface area contributed by atoms with E-state index in [1.54, 1.807) is 18.2 Å². The Balaban J connectivity index is 1.57. The van der Waals surface area contributed by atoms with Crippen molar-refractivity contribution in [2.75, 3.05) is 18.4 Å². The van der Waals surface area contributed by atoms with Crippen LogP contribution in [0, 0.1) is 11.2 Å². The highest BCUT2D eigenvalue weighted by Gasteiger charge is 2.20. The molecule has 0 saturated heterocycles. The van der Waals surface area contributed by atoms with E-state index in [1.807, 2.05) is 32.0 Å². The molecule has 0 unspecified atom stereocenters. The van der Waals surface area contributed by atoms with Crippen molar-refractivity contribution in [1.29, 1.82) is 0 Å². The fraction of sp³-hybridized carbons (Fsp3) is 0.286. The Hall–Kier alpha value is -3.22. The number of amides is 1. The summed E-state index contributed by atoms with van der Waals surface area (Å²) in [6.07, 6.45) is 0.204. The van der Waals surface area contributed by atoms with E-state index in [0.717, 1.165) is 10.9 Å². The molecule has 7 heteroatoms. The molecule has 1 amide bonds. The van der Waals surface area contributed by atoms with Crippen LogP contribution < -0.4 is 16.2 Å². The second-order valence-corrected chi connectivity index (χ2v) is 7.54. The van der Waals surface area contributed by atoms with Crippen LogP contribution in [-0.4, -0.2) is 29.2 Å². The Morgan fingerprint density at radius 2 is 1.75 bits per heavy atom. The standard InChI is InChI=1S/C21H23FN4O2/c1-21(2,12-23-18(27)11-14-7-9-15(22)10-8-14)13-24-19-16-5-3-4-6-17(16)20(28)26-25-19/h3-10H,11-13H2,1-2H3,(H,23,27)(H,24,25)(H,26,28). The number of benzene rings is 2. The first kappa shape index (κ1) is 19.5. The van der Waals surface area contributed by atoms with Gasteiger partial charge in [0.15, 0.2) is 5.82 Å². The predicted molar refractivity (Wildman–Crippen MR) is 108 cm³/mol. The van der Waals surface area contributed by atoms with Gasteiger partial charge >= 0.3 is 0 Å². The van der Waals surface area contributed by atoms with Crippen LogP contribution in [0.1, 0.15) is 19.4 Å². The van der Waals surface area contributed by atoms with E-state index in [4.69, 9.17) is 0 Å². The van der Waals surface area contributed by atoms with Gasteiger partial charge < -0.3 is 10.6 Å². The summed E-state index contributed by atoms with van der Waals surface area (Å²) in [4.78, 5) is 24.0. The van der Waals surface area contributed by atoms with Gasteiger partial charge in [0.05, 0.1) is 11.8 Å². The topological polar surface area (TPSA) is 86.9 Å². The van der Waals surface area contributed by atoms with Crippen molar-refractivity contribution in [3.05, 3.63) is 70.3 Å². The normalized spacial score (nSPS) is 11.4. The number of carbonyl (C=O) groups excluding carboxylic acids is 1. The number of H-pyrrole nitrogens is 1. The monoisotopic (exact) mass is 382 g/mol. The van der Waals surface area contributed by atoms with Crippen LogP contribution >= 0.6 is 0 Å². The zero-order valence-corrected chi connectivity index (χ0v) is 15.9. The zero-order valence-electron chi connectivity index (χ0n) is 15.9. The summed E-state index contributed by atoms with van der Waals surface area (Å²) >= 11 is 0. The molecule has 1 heterocycles. The number of halogens is 1. The van der Waals surface area contributed by atoms with Gasteiger partial charge in [-0.15, -0.1) is 0 Å². The fourth-order valence-corrected chi connectivity index (χ4v) is 2.82. The maximum Gasteiger partial charge on any atom is 0.272 e. The molecule has 28 heavy (non-hydrogen) atoms. The Morgan fingerprint density at radius 1 is 1.07 bits per heavy atom. The maximum atomic E-state index is 12.9. The Bertz CT molecular complexity index is 1030. The number of nitrogens with one attached hydrogen (secondary N) is 3. The van der Waals surface area contributed by atoms with Crippen molar-refractivity contribution in [1.82, 2.24) is 15.5 Å².